The second kappa shape index (κ2) is 13.9. The van der Waals surface area contributed by atoms with Crippen LogP contribution in [0.5, 0.6) is 0 Å². The van der Waals surface area contributed by atoms with Crippen LogP contribution in [-0.2, 0) is 12.6 Å². The molecule has 0 aliphatic carbocycles. The lowest BCUT2D eigenvalue weighted by Gasteiger charge is -2.27. The molecular weight excluding hydrogens is 465 g/mol. The quantitative estimate of drug-likeness (QED) is 0.298. The fraction of sp³-hybridized carbons (Fsp3) is 0.370. The van der Waals surface area contributed by atoms with Crippen molar-refractivity contribution in [3.05, 3.63) is 65.9 Å². The summed E-state index contributed by atoms with van der Waals surface area (Å²) in [7, 11) is 0. The third-order valence-corrected chi connectivity index (χ3v) is 5.02. The van der Waals surface area contributed by atoms with E-state index in [1.54, 1.807) is 17.0 Å². The largest absolute Gasteiger partial charge is 0.418 e. The average Bonchev–Trinajstić information content (AvgIpc) is 2.85. The van der Waals surface area contributed by atoms with Gasteiger partial charge in [0.2, 0.25) is 5.95 Å². The average molecular weight is 499 g/mol. The molecule has 0 saturated heterocycles. The highest BCUT2D eigenvalue weighted by Crippen LogP contribution is 2.39. The van der Waals surface area contributed by atoms with Crippen LogP contribution >= 0.6 is 0 Å². The monoisotopic (exact) mass is 498 g/mol. The molecule has 2 aromatic carbocycles. The van der Waals surface area contributed by atoms with Gasteiger partial charge in [0, 0.05) is 36.3 Å². The molecule has 1 aromatic heterocycles. The summed E-state index contributed by atoms with van der Waals surface area (Å²) in [5.74, 6) is 0.634. The number of alkyl halides is 3. The van der Waals surface area contributed by atoms with E-state index in [1.165, 1.54) is 12.3 Å². The minimum absolute atomic E-state index is 0.165. The van der Waals surface area contributed by atoms with Crippen LogP contribution in [0.25, 0.3) is 0 Å². The Balaban J connectivity index is 0.00000222. The summed E-state index contributed by atoms with van der Waals surface area (Å²) in [6, 6.07) is 15.3. The summed E-state index contributed by atoms with van der Waals surface area (Å²) in [5, 5.41) is 14.9. The SMILES string of the molecule is CC.CCCN(CCC)c1ccc(Nc2nccc(Nc3cccc(CC#N)c3)n2)cc1C(F)(F)F. The van der Waals surface area contributed by atoms with Gasteiger partial charge in [-0.2, -0.15) is 23.4 Å². The molecule has 6 nitrogen and oxygen atoms in total. The van der Waals surface area contributed by atoms with Crippen molar-refractivity contribution < 1.29 is 13.2 Å². The van der Waals surface area contributed by atoms with Gasteiger partial charge in [-0.15, -0.1) is 0 Å². The highest BCUT2D eigenvalue weighted by molar-refractivity contribution is 5.66. The first-order chi connectivity index (χ1) is 17.3. The van der Waals surface area contributed by atoms with E-state index in [1.807, 2.05) is 52.0 Å². The first-order valence-corrected chi connectivity index (χ1v) is 12.1. The van der Waals surface area contributed by atoms with Crippen LogP contribution in [0.4, 0.5) is 42.0 Å². The van der Waals surface area contributed by atoms with Crippen LogP contribution in [0.3, 0.4) is 0 Å². The van der Waals surface area contributed by atoms with Crippen molar-refractivity contribution in [1.29, 1.82) is 5.26 Å². The van der Waals surface area contributed by atoms with E-state index in [0.29, 0.717) is 18.9 Å². The van der Waals surface area contributed by atoms with E-state index in [9.17, 15) is 13.2 Å². The normalized spacial score (nSPS) is 10.6. The molecule has 9 heteroatoms. The number of hydrogen-bond acceptors (Lipinski definition) is 6. The van der Waals surface area contributed by atoms with Crippen molar-refractivity contribution in [3.63, 3.8) is 0 Å². The second-order valence-corrected chi connectivity index (χ2v) is 7.77. The van der Waals surface area contributed by atoms with E-state index in [4.69, 9.17) is 5.26 Å². The molecule has 0 saturated carbocycles. The summed E-state index contributed by atoms with van der Waals surface area (Å²) in [6.07, 6.45) is -1.18. The van der Waals surface area contributed by atoms with Crippen molar-refractivity contribution in [1.82, 2.24) is 9.97 Å². The Labute approximate surface area is 211 Å². The molecule has 0 radical (unpaired) electrons. The summed E-state index contributed by atoms with van der Waals surface area (Å²) in [4.78, 5) is 10.3. The topological polar surface area (TPSA) is 76.9 Å². The molecule has 0 atom stereocenters. The lowest BCUT2D eigenvalue weighted by molar-refractivity contribution is -0.137. The Morgan fingerprint density at radius 1 is 0.944 bits per heavy atom. The third kappa shape index (κ3) is 8.15. The lowest BCUT2D eigenvalue weighted by Crippen LogP contribution is -2.27. The first-order valence-electron chi connectivity index (χ1n) is 12.1. The van der Waals surface area contributed by atoms with Gasteiger partial charge in [-0.25, -0.2) is 4.98 Å². The van der Waals surface area contributed by atoms with Gasteiger partial charge in [-0.1, -0.05) is 39.8 Å². The second-order valence-electron chi connectivity index (χ2n) is 7.77. The minimum Gasteiger partial charge on any atom is -0.371 e. The van der Waals surface area contributed by atoms with Crippen molar-refractivity contribution in [2.45, 2.75) is 53.1 Å². The highest BCUT2D eigenvalue weighted by Gasteiger charge is 2.35. The van der Waals surface area contributed by atoms with Crippen LogP contribution in [0.1, 0.15) is 51.7 Å². The maximum Gasteiger partial charge on any atom is 0.418 e. The molecule has 3 aromatic rings. The minimum atomic E-state index is -4.49. The van der Waals surface area contributed by atoms with Crippen molar-refractivity contribution >= 4 is 28.8 Å². The molecular formula is C27H33F3N6. The van der Waals surface area contributed by atoms with E-state index < -0.39 is 11.7 Å². The number of anilines is 5. The Hall–Kier alpha value is -3.80. The molecule has 1 heterocycles. The number of benzene rings is 2. The van der Waals surface area contributed by atoms with Crippen LogP contribution in [0, 0.1) is 11.3 Å². The first kappa shape index (κ1) is 28.4. The highest BCUT2D eigenvalue weighted by atomic mass is 19.4. The molecule has 0 spiro atoms. The number of hydrogen-bond donors (Lipinski definition) is 2. The molecule has 0 aliphatic rings. The van der Waals surface area contributed by atoms with Gasteiger partial charge < -0.3 is 15.5 Å². The molecule has 2 N–H and O–H groups in total. The number of nitriles is 1. The molecule has 0 bridgehead atoms. The van der Waals surface area contributed by atoms with Gasteiger partial charge in [-0.05, 0) is 54.8 Å². The molecule has 36 heavy (non-hydrogen) atoms. The standard InChI is InChI=1S/C25H27F3N6.C2H6/c1-3-14-34(15-4-2)22-9-8-20(17-21(22)25(26,27)28)32-24-30-13-11-23(33-24)31-19-7-5-6-18(16-19)10-12-29;1-2/h5-9,11,13,16-17H,3-4,10,14-15H2,1-2H3,(H2,30,31,32,33);1-2H3. The Kier molecular flexibility index (Phi) is 11.0. The van der Waals surface area contributed by atoms with E-state index in [2.05, 4.69) is 26.7 Å². The van der Waals surface area contributed by atoms with Crippen LogP contribution < -0.4 is 15.5 Å². The number of halogens is 3. The Bertz CT molecular complexity index is 1130. The third-order valence-electron chi connectivity index (χ3n) is 5.02. The Morgan fingerprint density at radius 3 is 2.28 bits per heavy atom. The molecule has 0 unspecified atom stereocenters. The summed E-state index contributed by atoms with van der Waals surface area (Å²) >= 11 is 0. The van der Waals surface area contributed by atoms with Gasteiger partial charge in [0.1, 0.15) is 5.82 Å². The van der Waals surface area contributed by atoms with Crippen molar-refractivity contribution in [2.24, 2.45) is 0 Å². The van der Waals surface area contributed by atoms with Crippen molar-refractivity contribution in [2.75, 3.05) is 28.6 Å². The maximum absolute atomic E-state index is 13.9. The zero-order valence-corrected chi connectivity index (χ0v) is 21.2. The van der Waals surface area contributed by atoms with E-state index >= 15 is 0 Å². The molecule has 0 amide bonds. The zero-order chi connectivity index (χ0) is 26.6. The summed E-state index contributed by atoms with van der Waals surface area (Å²) in [6.45, 7) is 9.00. The fourth-order valence-corrected chi connectivity index (χ4v) is 3.63. The van der Waals surface area contributed by atoms with Crippen molar-refractivity contribution in [3.8, 4) is 6.07 Å². The number of aromatic nitrogens is 2. The van der Waals surface area contributed by atoms with E-state index in [-0.39, 0.29) is 23.7 Å². The van der Waals surface area contributed by atoms with Gasteiger partial charge in [0.15, 0.2) is 0 Å². The van der Waals surface area contributed by atoms with Crippen LogP contribution in [0.15, 0.2) is 54.7 Å². The maximum atomic E-state index is 13.9. The fourth-order valence-electron chi connectivity index (χ4n) is 3.63. The van der Waals surface area contributed by atoms with Gasteiger partial charge in [0.25, 0.3) is 0 Å². The Morgan fingerprint density at radius 2 is 1.64 bits per heavy atom. The van der Waals surface area contributed by atoms with Crippen LogP contribution in [0.2, 0.25) is 0 Å². The number of nitrogens with zero attached hydrogens (tertiary/aromatic N) is 4. The summed E-state index contributed by atoms with van der Waals surface area (Å²) < 4.78 is 41.7. The summed E-state index contributed by atoms with van der Waals surface area (Å²) in [5.41, 5.74) is 1.34. The smallest absolute Gasteiger partial charge is 0.371 e. The van der Waals surface area contributed by atoms with Gasteiger partial charge >= 0.3 is 6.18 Å². The predicted octanol–water partition coefficient (Wildman–Crippen LogP) is 7.70. The van der Waals surface area contributed by atoms with Crippen LogP contribution in [-0.4, -0.2) is 23.1 Å². The lowest BCUT2D eigenvalue weighted by atomic mass is 10.1. The molecule has 0 aliphatic heterocycles. The number of rotatable bonds is 10. The molecule has 192 valence electrons. The zero-order valence-electron chi connectivity index (χ0n) is 21.2. The van der Waals surface area contributed by atoms with Gasteiger partial charge in [-0.3, -0.25) is 0 Å². The molecule has 0 fully saturated rings. The van der Waals surface area contributed by atoms with E-state index in [0.717, 1.165) is 30.2 Å². The molecule has 3 rings (SSSR count). The predicted molar refractivity (Wildman–Crippen MR) is 140 cm³/mol. The van der Waals surface area contributed by atoms with Gasteiger partial charge in [0.05, 0.1) is 18.1 Å². The number of nitrogens with one attached hydrogen (secondary N) is 2.